The van der Waals surface area contributed by atoms with Crippen LogP contribution in [0.5, 0.6) is 0 Å². The molecule has 2 fully saturated rings. The van der Waals surface area contributed by atoms with Gasteiger partial charge in [0.15, 0.2) is 0 Å². The Labute approximate surface area is 223 Å². The van der Waals surface area contributed by atoms with Crippen molar-refractivity contribution in [3.8, 4) is 23.1 Å². The van der Waals surface area contributed by atoms with Crippen LogP contribution in [0.4, 0.5) is 0 Å². The van der Waals surface area contributed by atoms with E-state index in [-0.39, 0.29) is 0 Å². The number of aromatic nitrogens is 4. The number of hydrogen-bond acceptors (Lipinski definition) is 4. The molecule has 0 aliphatic carbocycles. The Kier molecular flexibility index (Phi) is 5.76. The second-order valence-corrected chi connectivity index (χ2v) is 10.8. The van der Waals surface area contributed by atoms with Gasteiger partial charge in [-0.1, -0.05) is 36.1 Å². The number of nitrogens with zero attached hydrogens (tertiary/aromatic N) is 4. The van der Waals surface area contributed by atoms with Crippen molar-refractivity contribution in [2.75, 3.05) is 27.2 Å². The van der Waals surface area contributed by atoms with Crippen LogP contribution in [0.3, 0.4) is 0 Å². The summed E-state index contributed by atoms with van der Waals surface area (Å²) < 4.78 is 0. The van der Waals surface area contributed by atoms with Crippen molar-refractivity contribution in [3.05, 3.63) is 83.6 Å². The molecule has 4 heterocycles. The molecule has 38 heavy (non-hydrogen) atoms. The van der Waals surface area contributed by atoms with Gasteiger partial charge >= 0.3 is 0 Å². The number of rotatable bonds is 3. The van der Waals surface area contributed by atoms with Gasteiger partial charge in [-0.3, -0.25) is 9.80 Å². The van der Waals surface area contributed by atoms with Crippen LogP contribution in [0.2, 0.25) is 0 Å². The average Bonchev–Trinajstić information content (AvgIpc) is 3.74. The molecule has 6 heteroatoms. The van der Waals surface area contributed by atoms with Crippen molar-refractivity contribution in [2.24, 2.45) is 0 Å². The number of aromatic amines is 2. The third-order valence-electron chi connectivity index (χ3n) is 8.30. The highest BCUT2D eigenvalue weighted by atomic mass is 15.2. The summed E-state index contributed by atoms with van der Waals surface area (Å²) in [7, 11) is 4.36. The molecule has 2 atom stereocenters. The van der Waals surface area contributed by atoms with Gasteiger partial charge in [0, 0.05) is 16.5 Å². The average molecular weight is 501 g/mol. The summed E-state index contributed by atoms with van der Waals surface area (Å²) in [6, 6.07) is 19.9. The molecule has 5 aromatic rings. The van der Waals surface area contributed by atoms with Crippen LogP contribution >= 0.6 is 0 Å². The maximum absolute atomic E-state index is 5.01. The van der Waals surface area contributed by atoms with Crippen LogP contribution in [0, 0.1) is 11.8 Å². The van der Waals surface area contributed by atoms with E-state index >= 15 is 0 Å². The first kappa shape index (κ1) is 23.2. The van der Waals surface area contributed by atoms with Crippen molar-refractivity contribution in [1.29, 1.82) is 0 Å². The highest BCUT2D eigenvalue weighted by Gasteiger charge is 2.26. The molecule has 2 aromatic heterocycles. The van der Waals surface area contributed by atoms with Crippen LogP contribution in [-0.2, 0) is 0 Å². The van der Waals surface area contributed by atoms with E-state index in [2.05, 4.69) is 105 Å². The molecule has 2 aliphatic rings. The van der Waals surface area contributed by atoms with E-state index in [0.29, 0.717) is 12.1 Å². The molecule has 0 spiro atoms. The molecule has 7 rings (SSSR count). The third kappa shape index (κ3) is 4.18. The highest BCUT2D eigenvalue weighted by Crippen LogP contribution is 2.32. The fourth-order valence-corrected chi connectivity index (χ4v) is 6.10. The standard InChI is InChI=1S/C32H32N6/c1-37-17-3-5-28(37)31-33-20-27(35-31)23-12-9-21(10-13-23)7-8-22-11-15-25-24(19-22)14-16-26-30(25)36-32(34-26)29-6-4-18-38(29)2/h9-16,19-20,28-29H,3-6,17-18H2,1-2H3,(H,33,35)(H,34,36). The van der Waals surface area contributed by atoms with Gasteiger partial charge < -0.3 is 9.97 Å². The molecule has 2 unspecified atom stereocenters. The van der Waals surface area contributed by atoms with Crippen molar-refractivity contribution in [2.45, 2.75) is 37.8 Å². The normalized spacial score (nSPS) is 20.4. The van der Waals surface area contributed by atoms with E-state index in [1.165, 1.54) is 30.0 Å². The summed E-state index contributed by atoms with van der Waals surface area (Å²) in [5.41, 5.74) is 6.35. The highest BCUT2D eigenvalue weighted by molar-refractivity contribution is 6.04. The number of H-pyrrole nitrogens is 2. The number of fused-ring (bicyclic) bond motifs is 3. The molecule has 2 saturated heterocycles. The molecule has 0 saturated carbocycles. The zero-order valence-electron chi connectivity index (χ0n) is 22.0. The molecule has 0 amide bonds. The molecule has 0 radical (unpaired) electrons. The Morgan fingerprint density at radius 3 is 2.24 bits per heavy atom. The predicted molar refractivity (Wildman–Crippen MR) is 153 cm³/mol. The summed E-state index contributed by atoms with van der Waals surface area (Å²) in [6.45, 7) is 2.27. The Balaban J connectivity index is 1.11. The Morgan fingerprint density at radius 2 is 1.50 bits per heavy atom. The molecule has 2 N–H and O–H groups in total. The Bertz CT molecular complexity index is 1680. The quantitative estimate of drug-likeness (QED) is 0.297. The lowest BCUT2D eigenvalue weighted by molar-refractivity contribution is 0.307. The fraction of sp³-hybridized carbons (Fsp3) is 0.312. The van der Waals surface area contributed by atoms with Crippen molar-refractivity contribution >= 4 is 21.8 Å². The zero-order valence-corrected chi connectivity index (χ0v) is 22.0. The Hall–Kier alpha value is -3.92. The molecule has 3 aromatic carbocycles. The van der Waals surface area contributed by atoms with Crippen LogP contribution < -0.4 is 0 Å². The van der Waals surface area contributed by atoms with Gasteiger partial charge in [0.25, 0.3) is 0 Å². The smallest absolute Gasteiger partial charge is 0.124 e. The van der Waals surface area contributed by atoms with E-state index in [9.17, 15) is 0 Å². The van der Waals surface area contributed by atoms with Gasteiger partial charge in [0.2, 0.25) is 0 Å². The van der Waals surface area contributed by atoms with Crippen LogP contribution in [-0.4, -0.2) is 56.9 Å². The maximum atomic E-state index is 5.01. The minimum atomic E-state index is 0.387. The Morgan fingerprint density at radius 1 is 0.789 bits per heavy atom. The number of benzene rings is 3. The topological polar surface area (TPSA) is 63.8 Å². The molecular weight excluding hydrogens is 468 g/mol. The van der Waals surface area contributed by atoms with E-state index in [1.807, 2.05) is 6.20 Å². The lowest BCUT2D eigenvalue weighted by Gasteiger charge is -2.16. The summed E-state index contributed by atoms with van der Waals surface area (Å²) >= 11 is 0. The lowest BCUT2D eigenvalue weighted by Crippen LogP contribution is -2.18. The van der Waals surface area contributed by atoms with Crippen molar-refractivity contribution < 1.29 is 0 Å². The summed E-state index contributed by atoms with van der Waals surface area (Å²) in [5.74, 6) is 8.83. The number of hydrogen-bond donors (Lipinski definition) is 2. The summed E-state index contributed by atoms with van der Waals surface area (Å²) in [6.07, 6.45) is 6.73. The summed E-state index contributed by atoms with van der Waals surface area (Å²) in [4.78, 5) is 21.5. The van der Waals surface area contributed by atoms with Gasteiger partial charge in [0.1, 0.15) is 11.6 Å². The van der Waals surface area contributed by atoms with E-state index in [0.717, 1.165) is 64.6 Å². The van der Waals surface area contributed by atoms with Gasteiger partial charge in [-0.05, 0) is 94.1 Å². The monoisotopic (exact) mass is 500 g/mol. The van der Waals surface area contributed by atoms with Gasteiger partial charge in [-0.15, -0.1) is 0 Å². The van der Waals surface area contributed by atoms with E-state index < -0.39 is 0 Å². The van der Waals surface area contributed by atoms with E-state index in [1.54, 1.807) is 0 Å². The van der Waals surface area contributed by atoms with Gasteiger partial charge in [-0.25, -0.2) is 9.97 Å². The maximum Gasteiger partial charge on any atom is 0.124 e. The minimum Gasteiger partial charge on any atom is -0.341 e. The molecule has 2 aliphatic heterocycles. The minimum absolute atomic E-state index is 0.387. The van der Waals surface area contributed by atoms with Crippen LogP contribution in [0.1, 0.15) is 60.5 Å². The zero-order chi connectivity index (χ0) is 25.6. The second kappa shape index (κ2) is 9.43. The van der Waals surface area contributed by atoms with Crippen molar-refractivity contribution in [1.82, 2.24) is 29.7 Å². The predicted octanol–water partition coefficient (Wildman–Crippen LogP) is 6.04. The number of likely N-dealkylation sites (tertiary alicyclic amines) is 2. The lowest BCUT2D eigenvalue weighted by atomic mass is 10.1. The first-order valence-electron chi connectivity index (χ1n) is 13.6. The molecule has 190 valence electrons. The third-order valence-corrected chi connectivity index (χ3v) is 8.30. The largest absolute Gasteiger partial charge is 0.341 e. The van der Waals surface area contributed by atoms with Crippen LogP contribution in [0.25, 0.3) is 33.1 Å². The number of nitrogens with one attached hydrogen (secondary N) is 2. The first-order chi connectivity index (χ1) is 18.6. The molecular formula is C32H32N6. The molecule has 0 bridgehead atoms. The summed E-state index contributed by atoms with van der Waals surface area (Å²) in [5, 5.41) is 2.34. The second-order valence-electron chi connectivity index (χ2n) is 10.8. The fourth-order valence-electron chi connectivity index (χ4n) is 6.10. The SMILES string of the molecule is CN1CCCC1c1ncc(-c2ccc(C#Cc3ccc4c(ccc5[nH]c(C6CCCN6C)nc54)c3)cc2)[nH]1. The van der Waals surface area contributed by atoms with E-state index in [4.69, 9.17) is 4.98 Å². The van der Waals surface area contributed by atoms with Crippen LogP contribution in [0.15, 0.2) is 60.8 Å². The van der Waals surface area contributed by atoms with Gasteiger partial charge in [-0.2, -0.15) is 0 Å². The number of imidazole rings is 2. The van der Waals surface area contributed by atoms with Crippen molar-refractivity contribution in [3.63, 3.8) is 0 Å². The van der Waals surface area contributed by atoms with Gasteiger partial charge in [0.05, 0.1) is 35.0 Å². The first-order valence-corrected chi connectivity index (χ1v) is 13.6. The molecule has 6 nitrogen and oxygen atoms in total.